The third kappa shape index (κ3) is 2.45. The fourth-order valence-corrected chi connectivity index (χ4v) is 3.36. The molecule has 4 nitrogen and oxygen atoms in total. The van der Waals surface area contributed by atoms with Gasteiger partial charge in [0.15, 0.2) is 0 Å². The molecule has 3 rings (SSSR count). The maximum atomic E-state index is 5.81. The summed E-state index contributed by atoms with van der Waals surface area (Å²) in [7, 11) is 4.30. The van der Waals surface area contributed by atoms with E-state index >= 15 is 0 Å². The average Bonchev–Trinajstić information content (AvgIpc) is 3.05. The molecule has 2 heterocycles. The molecule has 20 heavy (non-hydrogen) atoms. The lowest BCUT2D eigenvalue weighted by atomic mass is 9.99. The van der Waals surface area contributed by atoms with Crippen molar-refractivity contribution in [1.29, 1.82) is 0 Å². The fraction of sp³-hybridized carbons (Fsp3) is 0.562. The number of nitrogens with two attached hydrogens (primary N) is 1. The first-order valence-electron chi connectivity index (χ1n) is 7.45. The zero-order valence-corrected chi connectivity index (χ0v) is 12.4. The Labute approximate surface area is 121 Å². The number of rotatable bonds is 3. The zero-order chi connectivity index (χ0) is 14.1. The molecule has 1 fully saturated rings. The summed E-state index contributed by atoms with van der Waals surface area (Å²) in [4.78, 5) is 9.22. The Bertz CT molecular complexity index is 494. The molecule has 4 heteroatoms. The van der Waals surface area contributed by atoms with Crippen molar-refractivity contribution in [3.05, 3.63) is 35.4 Å². The quantitative estimate of drug-likeness (QED) is 0.903. The van der Waals surface area contributed by atoms with Crippen LogP contribution in [0.3, 0.4) is 0 Å². The molecule has 108 valence electrons. The number of likely N-dealkylation sites (N-methyl/N-ethyl adjacent to an activating group) is 1. The monoisotopic (exact) mass is 272 g/mol. The van der Waals surface area contributed by atoms with E-state index in [-0.39, 0.29) is 0 Å². The number of aliphatic imine (C=N–C) groups is 1. The van der Waals surface area contributed by atoms with Crippen LogP contribution < -0.4 is 5.73 Å². The molecule has 2 atom stereocenters. The molecule has 0 aromatic heterocycles. The van der Waals surface area contributed by atoms with Gasteiger partial charge in [0.2, 0.25) is 0 Å². The molecule has 2 N–H and O–H groups in total. The van der Waals surface area contributed by atoms with Gasteiger partial charge in [-0.2, -0.15) is 0 Å². The lowest BCUT2D eigenvalue weighted by molar-refractivity contribution is 0.313. The van der Waals surface area contributed by atoms with E-state index < -0.39 is 0 Å². The van der Waals surface area contributed by atoms with Crippen molar-refractivity contribution in [2.45, 2.75) is 12.5 Å². The zero-order valence-electron chi connectivity index (χ0n) is 12.4. The summed E-state index contributed by atoms with van der Waals surface area (Å²) in [5.74, 6) is 1.76. The molecular formula is C16H24N4. The fourth-order valence-electron chi connectivity index (χ4n) is 3.36. The SMILES string of the molecule is CN1CCN=C1c1ccc(C2CC(CN)CN2C)cc1. The van der Waals surface area contributed by atoms with Crippen LogP contribution in [0.15, 0.2) is 29.3 Å². The first-order chi connectivity index (χ1) is 9.69. The molecule has 0 spiro atoms. The van der Waals surface area contributed by atoms with E-state index in [4.69, 9.17) is 5.73 Å². The number of likely N-dealkylation sites (tertiary alicyclic amines) is 1. The number of nitrogens with zero attached hydrogens (tertiary/aromatic N) is 3. The van der Waals surface area contributed by atoms with Crippen LogP contribution in [0.4, 0.5) is 0 Å². The van der Waals surface area contributed by atoms with Crippen LogP contribution in [0.1, 0.15) is 23.6 Å². The van der Waals surface area contributed by atoms with Crippen molar-refractivity contribution >= 4 is 5.84 Å². The lowest BCUT2D eigenvalue weighted by Crippen LogP contribution is -2.23. The predicted molar refractivity (Wildman–Crippen MR) is 83.0 cm³/mol. The largest absolute Gasteiger partial charge is 0.358 e. The smallest absolute Gasteiger partial charge is 0.130 e. The van der Waals surface area contributed by atoms with Gasteiger partial charge in [0, 0.05) is 31.7 Å². The van der Waals surface area contributed by atoms with Crippen LogP contribution >= 0.6 is 0 Å². The Kier molecular flexibility index (Phi) is 3.76. The highest BCUT2D eigenvalue weighted by atomic mass is 15.2. The molecule has 1 aromatic rings. The third-order valence-electron chi connectivity index (χ3n) is 4.58. The summed E-state index contributed by atoms with van der Waals surface area (Å²) in [5, 5.41) is 0. The summed E-state index contributed by atoms with van der Waals surface area (Å²) in [5.41, 5.74) is 8.43. The van der Waals surface area contributed by atoms with E-state index in [1.807, 2.05) is 0 Å². The maximum absolute atomic E-state index is 5.81. The first-order valence-corrected chi connectivity index (χ1v) is 7.45. The van der Waals surface area contributed by atoms with Gasteiger partial charge >= 0.3 is 0 Å². The van der Waals surface area contributed by atoms with Gasteiger partial charge in [-0.25, -0.2) is 0 Å². The van der Waals surface area contributed by atoms with Crippen molar-refractivity contribution in [3.8, 4) is 0 Å². The normalized spacial score (nSPS) is 27.1. The number of amidine groups is 1. The van der Waals surface area contributed by atoms with Gasteiger partial charge in [-0.15, -0.1) is 0 Å². The van der Waals surface area contributed by atoms with Crippen LogP contribution in [0.2, 0.25) is 0 Å². The van der Waals surface area contributed by atoms with Crippen LogP contribution in [-0.2, 0) is 0 Å². The molecule has 0 radical (unpaired) electrons. The van der Waals surface area contributed by atoms with Gasteiger partial charge < -0.3 is 10.6 Å². The van der Waals surface area contributed by atoms with Crippen molar-refractivity contribution in [2.75, 3.05) is 40.3 Å². The molecule has 0 saturated carbocycles. The second kappa shape index (κ2) is 5.54. The maximum Gasteiger partial charge on any atom is 0.130 e. The molecule has 0 aliphatic carbocycles. The minimum Gasteiger partial charge on any atom is -0.358 e. The molecule has 2 aliphatic rings. The topological polar surface area (TPSA) is 44.9 Å². The molecule has 1 saturated heterocycles. The Morgan fingerprint density at radius 3 is 2.55 bits per heavy atom. The average molecular weight is 272 g/mol. The summed E-state index contributed by atoms with van der Waals surface area (Å²) < 4.78 is 0. The van der Waals surface area contributed by atoms with Gasteiger partial charge in [0.25, 0.3) is 0 Å². The number of hydrogen-bond donors (Lipinski definition) is 1. The summed E-state index contributed by atoms with van der Waals surface area (Å²) in [6.07, 6.45) is 1.17. The van der Waals surface area contributed by atoms with E-state index in [1.165, 1.54) is 17.5 Å². The summed E-state index contributed by atoms with van der Waals surface area (Å²) >= 11 is 0. The second-order valence-electron chi connectivity index (χ2n) is 6.04. The van der Waals surface area contributed by atoms with E-state index in [2.05, 4.69) is 53.2 Å². The van der Waals surface area contributed by atoms with Gasteiger partial charge in [-0.1, -0.05) is 24.3 Å². The van der Waals surface area contributed by atoms with Crippen LogP contribution in [-0.4, -0.2) is 55.9 Å². The van der Waals surface area contributed by atoms with E-state index in [0.717, 1.165) is 32.0 Å². The third-order valence-corrected chi connectivity index (χ3v) is 4.58. The van der Waals surface area contributed by atoms with Crippen molar-refractivity contribution in [3.63, 3.8) is 0 Å². The Hall–Kier alpha value is -1.39. The first kappa shape index (κ1) is 13.6. The van der Waals surface area contributed by atoms with E-state index in [1.54, 1.807) is 0 Å². The summed E-state index contributed by atoms with van der Waals surface area (Å²) in [6.45, 7) is 3.84. The van der Waals surface area contributed by atoms with Crippen LogP contribution in [0.5, 0.6) is 0 Å². The predicted octanol–water partition coefficient (Wildman–Crippen LogP) is 1.33. The van der Waals surface area contributed by atoms with Crippen LogP contribution in [0, 0.1) is 5.92 Å². The number of hydrogen-bond acceptors (Lipinski definition) is 4. The van der Waals surface area contributed by atoms with Crippen molar-refractivity contribution in [2.24, 2.45) is 16.6 Å². The Balaban J connectivity index is 1.76. The van der Waals surface area contributed by atoms with Gasteiger partial charge in [0.05, 0.1) is 6.54 Å². The molecular weight excluding hydrogens is 248 g/mol. The number of benzene rings is 1. The highest BCUT2D eigenvalue weighted by Gasteiger charge is 2.29. The van der Waals surface area contributed by atoms with Crippen molar-refractivity contribution < 1.29 is 0 Å². The Morgan fingerprint density at radius 2 is 2.00 bits per heavy atom. The minimum absolute atomic E-state index is 0.515. The van der Waals surface area contributed by atoms with Gasteiger partial charge in [0.1, 0.15) is 5.84 Å². The summed E-state index contributed by atoms with van der Waals surface area (Å²) in [6, 6.07) is 9.44. The standard InChI is InChI=1S/C16H24N4/c1-19-8-7-18-16(19)14-5-3-13(4-6-14)15-9-12(10-17)11-20(15)2/h3-6,12,15H,7-11,17H2,1-2H3. The minimum atomic E-state index is 0.515. The molecule has 2 unspecified atom stereocenters. The highest BCUT2D eigenvalue weighted by molar-refractivity contribution is 5.99. The molecule has 2 aliphatic heterocycles. The van der Waals surface area contributed by atoms with Crippen LogP contribution in [0.25, 0.3) is 0 Å². The van der Waals surface area contributed by atoms with E-state index in [9.17, 15) is 0 Å². The van der Waals surface area contributed by atoms with Gasteiger partial charge in [-0.3, -0.25) is 9.89 Å². The second-order valence-corrected chi connectivity index (χ2v) is 6.04. The molecule has 0 bridgehead atoms. The van der Waals surface area contributed by atoms with Crippen molar-refractivity contribution in [1.82, 2.24) is 9.80 Å². The van der Waals surface area contributed by atoms with E-state index in [0.29, 0.717) is 12.0 Å². The molecule has 1 aromatic carbocycles. The molecule has 0 amide bonds. The highest BCUT2D eigenvalue weighted by Crippen LogP contribution is 2.33. The Morgan fingerprint density at radius 1 is 1.25 bits per heavy atom. The lowest BCUT2D eigenvalue weighted by Gasteiger charge is -2.20. The van der Waals surface area contributed by atoms with Gasteiger partial charge in [-0.05, 0) is 31.5 Å².